The largest absolute Gasteiger partial charge is 0.462 e. The van der Waals surface area contributed by atoms with Crippen LogP contribution in [0.4, 0.5) is 0 Å². The summed E-state index contributed by atoms with van der Waals surface area (Å²) in [7, 11) is 0. The number of carbonyl (C=O) groups is 3. The van der Waals surface area contributed by atoms with Gasteiger partial charge in [0.05, 0.1) is 0 Å². The lowest BCUT2D eigenvalue weighted by molar-refractivity contribution is -0.167. The first-order chi connectivity index (χ1) is 34.0. The third kappa shape index (κ3) is 54.1. The van der Waals surface area contributed by atoms with Crippen molar-refractivity contribution in [2.75, 3.05) is 13.2 Å². The lowest BCUT2D eigenvalue weighted by atomic mass is 10.1. The second kappa shape index (κ2) is 55.9. The van der Waals surface area contributed by atoms with Crippen molar-refractivity contribution >= 4 is 17.9 Å². The predicted molar refractivity (Wildman–Crippen MR) is 297 cm³/mol. The first kappa shape index (κ1) is 64.3. The Hall–Kier alpha value is -4.71. The van der Waals surface area contributed by atoms with Gasteiger partial charge in [-0.2, -0.15) is 0 Å². The van der Waals surface area contributed by atoms with Gasteiger partial charge in [-0.15, -0.1) is 0 Å². The van der Waals surface area contributed by atoms with E-state index in [0.717, 1.165) is 141 Å². The number of hydrogen-bond donors (Lipinski definition) is 0. The highest BCUT2D eigenvalue weighted by Gasteiger charge is 2.19. The van der Waals surface area contributed by atoms with Crippen LogP contribution in [0.3, 0.4) is 0 Å². The Morgan fingerprint density at radius 3 is 0.855 bits per heavy atom. The van der Waals surface area contributed by atoms with Gasteiger partial charge in [0.1, 0.15) is 13.2 Å². The fraction of sp³-hybridized carbons (Fsp3) is 0.571. The van der Waals surface area contributed by atoms with Crippen LogP contribution in [-0.2, 0) is 28.6 Å². The molecule has 1 atom stereocenters. The van der Waals surface area contributed by atoms with Crippen LogP contribution in [0.25, 0.3) is 0 Å². The molecule has 6 nitrogen and oxygen atoms in total. The summed E-state index contributed by atoms with van der Waals surface area (Å²) < 4.78 is 16.8. The van der Waals surface area contributed by atoms with Crippen LogP contribution in [0, 0.1) is 0 Å². The molecule has 0 amide bonds. The molecule has 0 aromatic heterocycles. The van der Waals surface area contributed by atoms with Gasteiger partial charge >= 0.3 is 17.9 Å². The number of ether oxygens (including phenoxy) is 3. The highest BCUT2D eigenvalue weighted by molar-refractivity contribution is 5.71. The lowest BCUT2D eigenvalue weighted by Gasteiger charge is -2.18. The van der Waals surface area contributed by atoms with E-state index in [4.69, 9.17) is 14.2 Å². The minimum atomic E-state index is -0.823. The average Bonchev–Trinajstić information content (AvgIpc) is 3.35. The molecule has 0 aromatic carbocycles. The molecule has 0 bridgehead atoms. The van der Waals surface area contributed by atoms with Crippen LogP contribution in [0.5, 0.6) is 0 Å². The molecule has 0 spiro atoms. The van der Waals surface area contributed by atoms with Crippen LogP contribution in [-0.4, -0.2) is 37.2 Å². The van der Waals surface area contributed by atoms with E-state index < -0.39 is 6.10 Å². The Bertz CT molecular complexity index is 1560. The van der Waals surface area contributed by atoms with Crippen molar-refractivity contribution in [2.45, 2.75) is 219 Å². The second-order valence-corrected chi connectivity index (χ2v) is 17.3. The summed E-state index contributed by atoms with van der Waals surface area (Å²) in [6.07, 6.45) is 79.8. The molecule has 6 heteroatoms. The van der Waals surface area contributed by atoms with Crippen molar-refractivity contribution in [3.05, 3.63) is 146 Å². The topological polar surface area (TPSA) is 78.9 Å². The summed E-state index contributed by atoms with van der Waals surface area (Å²) in [6.45, 7) is 6.20. The third-order valence-electron chi connectivity index (χ3n) is 10.8. The molecule has 0 fully saturated rings. The molecule has 0 saturated heterocycles. The van der Waals surface area contributed by atoms with E-state index in [1.807, 2.05) is 0 Å². The van der Waals surface area contributed by atoms with Crippen LogP contribution in [0.15, 0.2) is 146 Å². The number of carbonyl (C=O) groups excluding carboxylic acids is 3. The quantitative estimate of drug-likeness (QED) is 0.0262. The van der Waals surface area contributed by atoms with Crippen molar-refractivity contribution in [2.24, 2.45) is 0 Å². The summed E-state index contributed by atoms with van der Waals surface area (Å²) in [4.78, 5) is 38.1. The molecule has 69 heavy (non-hydrogen) atoms. The smallest absolute Gasteiger partial charge is 0.306 e. The zero-order valence-corrected chi connectivity index (χ0v) is 44.0. The van der Waals surface area contributed by atoms with E-state index in [1.54, 1.807) is 0 Å². The molecule has 0 heterocycles. The maximum absolute atomic E-state index is 12.8. The van der Waals surface area contributed by atoms with Crippen LogP contribution in [0.1, 0.15) is 213 Å². The van der Waals surface area contributed by atoms with Crippen LogP contribution in [0.2, 0.25) is 0 Å². The van der Waals surface area contributed by atoms with Gasteiger partial charge in [-0.1, -0.05) is 205 Å². The van der Waals surface area contributed by atoms with Crippen molar-refractivity contribution in [1.82, 2.24) is 0 Å². The maximum atomic E-state index is 12.8. The predicted octanol–water partition coefficient (Wildman–Crippen LogP) is 18.4. The normalized spacial score (nSPS) is 13.3. The van der Waals surface area contributed by atoms with Crippen molar-refractivity contribution < 1.29 is 28.6 Å². The Morgan fingerprint density at radius 1 is 0.290 bits per heavy atom. The van der Waals surface area contributed by atoms with E-state index in [-0.39, 0.29) is 37.5 Å². The Kier molecular flexibility index (Phi) is 52.1. The summed E-state index contributed by atoms with van der Waals surface area (Å²) in [5.41, 5.74) is 0. The molecule has 0 rings (SSSR count). The van der Waals surface area contributed by atoms with Gasteiger partial charge in [-0.3, -0.25) is 14.4 Å². The minimum Gasteiger partial charge on any atom is -0.462 e. The molecule has 0 radical (unpaired) electrons. The number of unbranched alkanes of at least 4 members (excludes halogenated alkanes) is 12. The molecule has 0 saturated carbocycles. The highest BCUT2D eigenvalue weighted by Crippen LogP contribution is 2.13. The first-order valence-electron chi connectivity index (χ1n) is 27.3. The molecular formula is C63H98O6. The molecular weight excluding hydrogens is 853 g/mol. The highest BCUT2D eigenvalue weighted by atomic mass is 16.6. The molecule has 0 N–H and O–H groups in total. The third-order valence-corrected chi connectivity index (χ3v) is 10.8. The van der Waals surface area contributed by atoms with Gasteiger partial charge in [0.15, 0.2) is 6.10 Å². The minimum absolute atomic E-state index is 0.116. The van der Waals surface area contributed by atoms with E-state index in [2.05, 4.69) is 167 Å². The zero-order chi connectivity index (χ0) is 50.0. The van der Waals surface area contributed by atoms with Gasteiger partial charge in [-0.25, -0.2) is 0 Å². The first-order valence-corrected chi connectivity index (χ1v) is 27.3. The molecule has 0 aromatic rings. The second-order valence-electron chi connectivity index (χ2n) is 17.3. The number of rotatable bonds is 47. The number of esters is 3. The average molecular weight is 951 g/mol. The number of allylic oxidation sites excluding steroid dienone is 24. The standard InChI is InChI=1S/C63H98O6/c1-4-7-10-13-16-19-22-25-27-28-29-30-31-32-33-34-36-38-41-44-47-50-53-56-62(65)68-59-60(58-67-61(64)55-52-49-46-43-40-37-24-21-18-15-12-9-6-3)69-63(66)57-54-51-48-45-42-39-35-26-23-20-17-14-11-8-5-2/h7-12,16-21,25-27,29-30,32-33,35,37,40,42,45,60H,4-6,13-15,22-24,28,31,34,36,38-39,41,43-44,46-59H2,1-3H3/b10-7-,11-8-,12-9-,19-16-,20-17-,21-18-,27-25-,30-29-,33-32-,35-26-,40-37-,45-42-. The summed E-state index contributed by atoms with van der Waals surface area (Å²) >= 11 is 0. The number of hydrogen-bond acceptors (Lipinski definition) is 6. The van der Waals surface area contributed by atoms with Gasteiger partial charge in [0.2, 0.25) is 0 Å². The molecule has 386 valence electrons. The van der Waals surface area contributed by atoms with Gasteiger partial charge in [0, 0.05) is 19.3 Å². The molecule has 0 aliphatic carbocycles. The van der Waals surface area contributed by atoms with E-state index in [0.29, 0.717) is 19.3 Å². The van der Waals surface area contributed by atoms with E-state index >= 15 is 0 Å². The Balaban J connectivity index is 4.47. The van der Waals surface area contributed by atoms with Gasteiger partial charge < -0.3 is 14.2 Å². The van der Waals surface area contributed by atoms with Crippen molar-refractivity contribution in [3.8, 4) is 0 Å². The molecule has 1 unspecified atom stereocenters. The summed E-state index contributed by atoms with van der Waals surface area (Å²) in [6, 6.07) is 0. The fourth-order valence-electron chi connectivity index (χ4n) is 6.83. The summed E-state index contributed by atoms with van der Waals surface area (Å²) in [5, 5.41) is 0. The monoisotopic (exact) mass is 951 g/mol. The maximum Gasteiger partial charge on any atom is 0.306 e. The molecule has 0 aliphatic heterocycles. The lowest BCUT2D eigenvalue weighted by Crippen LogP contribution is -2.30. The van der Waals surface area contributed by atoms with E-state index in [9.17, 15) is 14.4 Å². The van der Waals surface area contributed by atoms with Crippen molar-refractivity contribution in [1.29, 1.82) is 0 Å². The van der Waals surface area contributed by atoms with Crippen molar-refractivity contribution in [3.63, 3.8) is 0 Å². The zero-order valence-electron chi connectivity index (χ0n) is 44.0. The fourth-order valence-corrected chi connectivity index (χ4v) is 6.83. The Morgan fingerprint density at radius 2 is 0.522 bits per heavy atom. The Labute approximate surface area is 423 Å². The van der Waals surface area contributed by atoms with E-state index in [1.165, 1.54) is 25.7 Å². The van der Waals surface area contributed by atoms with Gasteiger partial charge in [-0.05, 0) is 135 Å². The molecule has 0 aliphatic rings. The van der Waals surface area contributed by atoms with Crippen LogP contribution < -0.4 is 0 Å². The SMILES string of the molecule is CC/C=C\C/C=C\C/C=C\C/C=C\C/C=C\CCCCCCCCCC(=O)OCC(COC(=O)CCCCC/C=C\C/C=C\C/C=C\CC)OC(=O)CCCC/C=C\C/C=C\C/C=C\C/C=C\CC. The summed E-state index contributed by atoms with van der Waals surface area (Å²) in [5.74, 6) is -1.01. The van der Waals surface area contributed by atoms with Crippen LogP contribution >= 0.6 is 0 Å². The van der Waals surface area contributed by atoms with Gasteiger partial charge in [0.25, 0.3) is 0 Å².